The molecule has 1 heterocycles. The standard InChI is InChI=1S/C13H17N3O/c1-2-17-12-5-3-10(4-6-12)13-15-9-11(16-13)7-8-14/h3-6,9H,2,7-8,14H2,1H3,(H,15,16). The van der Waals surface area contributed by atoms with Crippen molar-refractivity contribution in [2.75, 3.05) is 13.2 Å². The van der Waals surface area contributed by atoms with Crippen LogP contribution >= 0.6 is 0 Å². The van der Waals surface area contributed by atoms with Crippen molar-refractivity contribution in [2.24, 2.45) is 5.73 Å². The lowest BCUT2D eigenvalue weighted by Crippen LogP contribution is -2.02. The fourth-order valence-electron chi connectivity index (χ4n) is 1.66. The van der Waals surface area contributed by atoms with Gasteiger partial charge in [-0.15, -0.1) is 0 Å². The minimum atomic E-state index is 0.630. The van der Waals surface area contributed by atoms with Gasteiger partial charge in [0.1, 0.15) is 11.6 Å². The molecule has 0 amide bonds. The van der Waals surface area contributed by atoms with Crippen LogP contribution in [0.4, 0.5) is 0 Å². The van der Waals surface area contributed by atoms with Gasteiger partial charge in [0, 0.05) is 23.9 Å². The van der Waals surface area contributed by atoms with E-state index in [0.717, 1.165) is 29.3 Å². The van der Waals surface area contributed by atoms with Crippen LogP contribution in [0.25, 0.3) is 11.4 Å². The Morgan fingerprint density at radius 3 is 2.71 bits per heavy atom. The predicted molar refractivity (Wildman–Crippen MR) is 68.0 cm³/mol. The zero-order valence-corrected chi connectivity index (χ0v) is 9.94. The van der Waals surface area contributed by atoms with Gasteiger partial charge in [-0.3, -0.25) is 0 Å². The Balaban J connectivity index is 2.15. The lowest BCUT2D eigenvalue weighted by Gasteiger charge is -2.03. The first-order valence-corrected chi connectivity index (χ1v) is 5.80. The quantitative estimate of drug-likeness (QED) is 0.827. The molecule has 3 N–H and O–H groups in total. The first-order chi connectivity index (χ1) is 8.33. The smallest absolute Gasteiger partial charge is 0.137 e. The number of rotatable bonds is 5. The molecule has 0 bridgehead atoms. The van der Waals surface area contributed by atoms with Crippen LogP contribution < -0.4 is 10.5 Å². The molecule has 0 saturated heterocycles. The van der Waals surface area contributed by atoms with Crippen LogP contribution in [0.15, 0.2) is 30.5 Å². The van der Waals surface area contributed by atoms with E-state index in [1.54, 1.807) is 0 Å². The zero-order valence-electron chi connectivity index (χ0n) is 9.94. The molecule has 0 spiro atoms. The maximum absolute atomic E-state index is 5.50. The van der Waals surface area contributed by atoms with E-state index in [-0.39, 0.29) is 0 Å². The largest absolute Gasteiger partial charge is 0.494 e. The Morgan fingerprint density at radius 1 is 1.29 bits per heavy atom. The highest BCUT2D eigenvalue weighted by atomic mass is 16.5. The number of nitrogens with one attached hydrogen (secondary N) is 1. The molecule has 17 heavy (non-hydrogen) atoms. The molecule has 0 aliphatic carbocycles. The average molecular weight is 231 g/mol. The van der Waals surface area contributed by atoms with Gasteiger partial charge in [-0.1, -0.05) is 0 Å². The number of imidazole rings is 1. The second-order valence-corrected chi connectivity index (χ2v) is 3.75. The topological polar surface area (TPSA) is 63.9 Å². The van der Waals surface area contributed by atoms with Crippen LogP contribution in [-0.4, -0.2) is 23.1 Å². The fourth-order valence-corrected chi connectivity index (χ4v) is 1.66. The summed E-state index contributed by atoms with van der Waals surface area (Å²) in [7, 11) is 0. The third-order valence-electron chi connectivity index (χ3n) is 2.48. The highest BCUT2D eigenvalue weighted by molar-refractivity contribution is 5.56. The maximum Gasteiger partial charge on any atom is 0.137 e. The summed E-state index contributed by atoms with van der Waals surface area (Å²) in [6, 6.07) is 7.89. The summed E-state index contributed by atoms with van der Waals surface area (Å²) in [5, 5.41) is 0. The molecule has 2 rings (SSSR count). The van der Waals surface area contributed by atoms with E-state index < -0.39 is 0 Å². The van der Waals surface area contributed by atoms with Gasteiger partial charge in [-0.25, -0.2) is 4.98 Å². The molecule has 0 aliphatic heterocycles. The molecule has 90 valence electrons. The van der Waals surface area contributed by atoms with Crippen molar-refractivity contribution in [3.63, 3.8) is 0 Å². The molecule has 0 unspecified atom stereocenters. The summed E-state index contributed by atoms with van der Waals surface area (Å²) in [4.78, 5) is 7.58. The van der Waals surface area contributed by atoms with Gasteiger partial charge in [0.05, 0.1) is 6.61 Å². The van der Waals surface area contributed by atoms with Gasteiger partial charge in [-0.05, 0) is 37.7 Å². The van der Waals surface area contributed by atoms with Gasteiger partial charge in [-0.2, -0.15) is 0 Å². The first-order valence-electron chi connectivity index (χ1n) is 5.80. The van der Waals surface area contributed by atoms with E-state index in [9.17, 15) is 0 Å². The van der Waals surface area contributed by atoms with E-state index in [1.165, 1.54) is 0 Å². The van der Waals surface area contributed by atoms with Crippen molar-refractivity contribution in [2.45, 2.75) is 13.3 Å². The van der Waals surface area contributed by atoms with Crippen molar-refractivity contribution < 1.29 is 4.74 Å². The third-order valence-corrected chi connectivity index (χ3v) is 2.48. The molecular weight excluding hydrogens is 214 g/mol. The van der Waals surface area contributed by atoms with Gasteiger partial charge < -0.3 is 15.5 Å². The van der Waals surface area contributed by atoms with Crippen LogP contribution in [0, 0.1) is 0 Å². The molecule has 0 atom stereocenters. The first kappa shape index (κ1) is 11.7. The van der Waals surface area contributed by atoms with E-state index in [4.69, 9.17) is 10.5 Å². The lowest BCUT2D eigenvalue weighted by molar-refractivity contribution is 0.340. The number of H-pyrrole nitrogens is 1. The monoisotopic (exact) mass is 231 g/mol. The Hall–Kier alpha value is -1.81. The predicted octanol–water partition coefficient (Wildman–Crippen LogP) is 1.98. The van der Waals surface area contributed by atoms with E-state index in [2.05, 4.69) is 9.97 Å². The van der Waals surface area contributed by atoms with Crippen LogP contribution in [0.3, 0.4) is 0 Å². The number of nitrogens with two attached hydrogens (primary N) is 1. The molecule has 0 aliphatic rings. The fraction of sp³-hybridized carbons (Fsp3) is 0.308. The number of aromatic nitrogens is 2. The second-order valence-electron chi connectivity index (χ2n) is 3.75. The van der Waals surface area contributed by atoms with Crippen molar-refractivity contribution >= 4 is 0 Å². The second kappa shape index (κ2) is 5.50. The summed E-state index contributed by atoms with van der Waals surface area (Å²) in [6.45, 7) is 3.28. The summed E-state index contributed by atoms with van der Waals surface area (Å²) in [5.41, 5.74) is 7.62. The Bertz CT molecular complexity index is 462. The molecule has 0 fully saturated rings. The van der Waals surface area contributed by atoms with Crippen LogP contribution in [-0.2, 0) is 6.42 Å². The van der Waals surface area contributed by atoms with E-state index in [0.29, 0.717) is 13.2 Å². The number of benzene rings is 1. The van der Waals surface area contributed by atoms with E-state index in [1.807, 2.05) is 37.4 Å². The molecular formula is C13H17N3O. The summed E-state index contributed by atoms with van der Waals surface area (Å²) < 4.78 is 5.39. The van der Waals surface area contributed by atoms with Gasteiger partial charge in [0.25, 0.3) is 0 Å². The van der Waals surface area contributed by atoms with Gasteiger partial charge in [0.15, 0.2) is 0 Å². The highest BCUT2D eigenvalue weighted by Gasteiger charge is 2.03. The van der Waals surface area contributed by atoms with Gasteiger partial charge in [0.2, 0.25) is 0 Å². The molecule has 0 radical (unpaired) electrons. The average Bonchev–Trinajstić information content (AvgIpc) is 2.80. The Labute approximate surface area is 101 Å². The molecule has 4 heteroatoms. The van der Waals surface area contributed by atoms with Crippen molar-refractivity contribution in [3.8, 4) is 17.1 Å². The number of nitrogens with zero attached hydrogens (tertiary/aromatic N) is 1. The van der Waals surface area contributed by atoms with Crippen molar-refractivity contribution in [3.05, 3.63) is 36.2 Å². The number of hydrogen-bond donors (Lipinski definition) is 2. The van der Waals surface area contributed by atoms with Crippen molar-refractivity contribution in [1.82, 2.24) is 9.97 Å². The minimum absolute atomic E-state index is 0.630. The lowest BCUT2D eigenvalue weighted by atomic mass is 10.2. The van der Waals surface area contributed by atoms with Crippen LogP contribution in [0.5, 0.6) is 5.75 Å². The molecule has 0 saturated carbocycles. The number of ether oxygens (including phenoxy) is 1. The molecule has 4 nitrogen and oxygen atoms in total. The highest BCUT2D eigenvalue weighted by Crippen LogP contribution is 2.19. The molecule has 1 aromatic carbocycles. The summed E-state index contributed by atoms with van der Waals surface area (Å²) >= 11 is 0. The van der Waals surface area contributed by atoms with E-state index >= 15 is 0 Å². The number of hydrogen-bond acceptors (Lipinski definition) is 3. The number of aromatic amines is 1. The molecule has 2 aromatic rings. The zero-order chi connectivity index (χ0) is 12.1. The third kappa shape index (κ3) is 2.85. The maximum atomic E-state index is 5.50. The van der Waals surface area contributed by atoms with Gasteiger partial charge >= 0.3 is 0 Å². The Morgan fingerprint density at radius 2 is 2.06 bits per heavy atom. The van der Waals surface area contributed by atoms with Crippen molar-refractivity contribution in [1.29, 1.82) is 0 Å². The minimum Gasteiger partial charge on any atom is -0.494 e. The summed E-state index contributed by atoms with van der Waals surface area (Å²) in [6.07, 6.45) is 2.66. The van der Waals surface area contributed by atoms with Crippen LogP contribution in [0.1, 0.15) is 12.6 Å². The Kier molecular flexibility index (Phi) is 3.77. The normalized spacial score (nSPS) is 10.5. The van der Waals surface area contributed by atoms with Crippen LogP contribution in [0.2, 0.25) is 0 Å². The molecule has 1 aromatic heterocycles. The SMILES string of the molecule is CCOc1ccc(-c2ncc(CCN)[nH]2)cc1. The summed E-state index contributed by atoms with van der Waals surface area (Å²) in [5.74, 6) is 1.75.